The van der Waals surface area contributed by atoms with Gasteiger partial charge in [0.2, 0.25) is 0 Å². The second-order valence-corrected chi connectivity index (χ2v) is 6.15. The number of nitrogens with zero attached hydrogens (tertiary/aromatic N) is 2. The summed E-state index contributed by atoms with van der Waals surface area (Å²) < 4.78 is 22.8. The average Bonchev–Trinajstić information content (AvgIpc) is 2.20. The Morgan fingerprint density at radius 2 is 2.19 bits per heavy atom. The first-order chi connectivity index (χ1) is 7.55. The van der Waals surface area contributed by atoms with E-state index in [-0.39, 0.29) is 11.8 Å². The van der Waals surface area contributed by atoms with E-state index < -0.39 is 9.84 Å². The molecule has 1 aliphatic heterocycles. The molecule has 1 aromatic rings. The SMILES string of the molecule is Nc1cnc(NC2CCCS(=O)(=O)C2)cn1. The Bertz CT molecular complexity index is 457. The van der Waals surface area contributed by atoms with Gasteiger partial charge in [-0.1, -0.05) is 0 Å². The lowest BCUT2D eigenvalue weighted by atomic mass is 10.2. The van der Waals surface area contributed by atoms with Crippen LogP contribution in [0.2, 0.25) is 0 Å². The molecule has 0 aliphatic carbocycles. The molecule has 1 saturated heterocycles. The van der Waals surface area contributed by atoms with E-state index in [1.807, 2.05) is 0 Å². The summed E-state index contributed by atoms with van der Waals surface area (Å²) in [6.45, 7) is 0. The van der Waals surface area contributed by atoms with Crippen LogP contribution in [-0.4, -0.2) is 35.9 Å². The molecule has 16 heavy (non-hydrogen) atoms. The van der Waals surface area contributed by atoms with E-state index in [0.717, 1.165) is 6.42 Å². The smallest absolute Gasteiger partial charge is 0.152 e. The maximum absolute atomic E-state index is 11.4. The van der Waals surface area contributed by atoms with E-state index in [1.54, 1.807) is 0 Å². The first kappa shape index (κ1) is 11.1. The molecule has 0 amide bonds. The van der Waals surface area contributed by atoms with Crippen LogP contribution >= 0.6 is 0 Å². The molecule has 1 fully saturated rings. The minimum absolute atomic E-state index is 0.0725. The molecule has 1 atom stereocenters. The quantitative estimate of drug-likeness (QED) is 0.760. The second kappa shape index (κ2) is 4.25. The van der Waals surface area contributed by atoms with Gasteiger partial charge in [0.1, 0.15) is 11.6 Å². The molecule has 6 nitrogen and oxygen atoms in total. The molecule has 0 bridgehead atoms. The molecule has 3 N–H and O–H groups in total. The molecule has 0 spiro atoms. The number of nitrogens with two attached hydrogens (primary N) is 1. The van der Waals surface area contributed by atoms with E-state index >= 15 is 0 Å². The molecular weight excluding hydrogens is 228 g/mol. The van der Waals surface area contributed by atoms with Gasteiger partial charge in [0, 0.05) is 6.04 Å². The average molecular weight is 242 g/mol. The molecule has 7 heteroatoms. The molecule has 1 aliphatic rings. The topological polar surface area (TPSA) is 98.0 Å². The van der Waals surface area contributed by atoms with Gasteiger partial charge in [-0.2, -0.15) is 0 Å². The van der Waals surface area contributed by atoms with Crippen LogP contribution < -0.4 is 11.1 Å². The van der Waals surface area contributed by atoms with Gasteiger partial charge in [0.05, 0.1) is 23.9 Å². The van der Waals surface area contributed by atoms with E-state index in [9.17, 15) is 8.42 Å². The fraction of sp³-hybridized carbons (Fsp3) is 0.556. The molecule has 0 radical (unpaired) electrons. The van der Waals surface area contributed by atoms with Gasteiger partial charge in [-0.25, -0.2) is 18.4 Å². The minimum Gasteiger partial charge on any atom is -0.382 e. The standard InChI is InChI=1S/C9H14N4O2S/c10-8-4-12-9(5-11-8)13-7-2-1-3-16(14,15)6-7/h4-5,7H,1-3,6H2,(H2,10,11)(H,12,13). The van der Waals surface area contributed by atoms with Gasteiger partial charge < -0.3 is 11.1 Å². The van der Waals surface area contributed by atoms with Crippen LogP contribution in [0.3, 0.4) is 0 Å². The Kier molecular flexibility index (Phi) is 2.95. The van der Waals surface area contributed by atoms with Crippen LogP contribution in [0.15, 0.2) is 12.4 Å². The van der Waals surface area contributed by atoms with Crippen molar-refractivity contribution in [2.75, 3.05) is 22.6 Å². The third-order valence-electron chi connectivity index (χ3n) is 2.49. The molecule has 2 heterocycles. The lowest BCUT2D eigenvalue weighted by molar-refractivity contribution is 0.561. The maximum Gasteiger partial charge on any atom is 0.152 e. The highest BCUT2D eigenvalue weighted by Gasteiger charge is 2.24. The summed E-state index contributed by atoms with van der Waals surface area (Å²) in [6, 6.07) is -0.0725. The summed E-state index contributed by atoms with van der Waals surface area (Å²) in [7, 11) is -2.90. The van der Waals surface area contributed by atoms with Gasteiger partial charge in [-0.05, 0) is 12.8 Å². The number of hydrogen-bond donors (Lipinski definition) is 2. The first-order valence-electron chi connectivity index (χ1n) is 5.10. The Labute approximate surface area is 94.2 Å². The fourth-order valence-corrected chi connectivity index (χ4v) is 3.39. The maximum atomic E-state index is 11.4. The molecule has 0 aromatic carbocycles. The largest absolute Gasteiger partial charge is 0.382 e. The first-order valence-corrected chi connectivity index (χ1v) is 6.92. The summed E-state index contributed by atoms with van der Waals surface area (Å²) in [5.41, 5.74) is 5.41. The normalized spacial score (nSPS) is 23.9. The predicted octanol–water partition coefficient (Wildman–Crippen LogP) is 0.0479. The van der Waals surface area contributed by atoms with Crippen LogP contribution in [0, 0.1) is 0 Å². The molecule has 2 rings (SSSR count). The van der Waals surface area contributed by atoms with Gasteiger partial charge in [-0.15, -0.1) is 0 Å². The third-order valence-corrected chi connectivity index (χ3v) is 4.31. The van der Waals surface area contributed by atoms with Crippen molar-refractivity contribution in [3.8, 4) is 0 Å². The van der Waals surface area contributed by atoms with Crippen LogP contribution in [0.25, 0.3) is 0 Å². The van der Waals surface area contributed by atoms with Crippen molar-refractivity contribution in [2.24, 2.45) is 0 Å². The lowest BCUT2D eigenvalue weighted by Gasteiger charge is -2.23. The highest BCUT2D eigenvalue weighted by atomic mass is 32.2. The monoisotopic (exact) mass is 242 g/mol. The Morgan fingerprint density at radius 1 is 1.38 bits per heavy atom. The lowest BCUT2D eigenvalue weighted by Crippen LogP contribution is -2.35. The van der Waals surface area contributed by atoms with Crippen LogP contribution in [0.4, 0.5) is 11.6 Å². The van der Waals surface area contributed by atoms with Crippen molar-refractivity contribution in [2.45, 2.75) is 18.9 Å². The summed E-state index contributed by atoms with van der Waals surface area (Å²) in [5.74, 6) is 1.37. The number of nitrogen functional groups attached to an aromatic ring is 1. The molecule has 0 saturated carbocycles. The highest BCUT2D eigenvalue weighted by Crippen LogP contribution is 2.15. The van der Waals surface area contributed by atoms with Gasteiger partial charge in [-0.3, -0.25) is 0 Å². The molecule has 88 valence electrons. The van der Waals surface area contributed by atoms with Crippen molar-refractivity contribution in [3.63, 3.8) is 0 Å². The van der Waals surface area contributed by atoms with Crippen molar-refractivity contribution in [3.05, 3.63) is 12.4 Å². The van der Waals surface area contributed by atoms with Crippen molar-refractivity contribution >= 4 is 21.5 Å². The van der Waals surface area contributed by atoms with Gasteiger partial charge >= 0.3 is 0 Å². The number of nitrogens with one attached hydrogen (secondary N) is 1. The summed E-state index contributed by atoms with van der Waals surface area (Å²) >= 11 is 0. The van der Waals surface area contributed by atoms with Gasteiger partial charge in [0.15, 0.2) is 9.84 Å². The fourth-order valence-electron chi connectivity index (χ4n) is 1.76. The van der Waals surface area contributed by atoms with Crippen LogP contribution in [0.5, 0.6) is 0 Å². The molecule has 1 unspecified atom stereocenters. The Hall–Kier alpha value is -1.37. The number of hydrogen-bond acceptors (Lipinski definition) is 6. The second-order valence-electron chi connectivity index (χ2n) is 3.92. The van der Waals surface area contributed by atoms with Crippen molar-refractivity contribution in [1.29, 1.82) is 0 Å². The zero-order valence-corrected chi connectivity index (χ0v) is 9.57. The van der Waals surface area contributed by atoms with Crippen LogP contribution in [0.1, 0.15) is 12.8 Å². The Morgan fingerprint density at radius 3 is 2.81 bits per heavy atom. The summed E-state index contributed by atoms with van der Waals surface area (Å²) in [4.78, 5) is 7.91. The summed E-state index contributed by atoms with van der Waals surface area (Å²) in [6.07, 6.45) is 4.49. The molecular formula is C9H14N4O2S. The van der Waals surface area contributed by atoms with Crippen LogP contribution in [-0.2, 0) is 9.84 Å². The zero-order chi connectivity index (χ0) is 11.6. The van der Waals surface area contributed by atoms with Crippen molar-refractivity contribution in [1.82, 2.24) is 9.97 Å². The number of sulfone groups is 1. The van der Waals surface area contributed by atoms with Gasteiger partial charge in [0.25, 0.3) is 0 Å². The number of rotatable bonds is 2. The third kappa shape index (κ3) is 2.82. The zero-order valence-electron chi connectivity index (χ0n) is 8.76. The number of aromatic nitrogens is 2. The molecule has 1 aromatic heterocycles. The Balaban J connectivity index is 2.02. The summed E-state index contributed by atoms with van der Waals surface area (Å²) in [5, 5.41) is 3.06. The number of anilines is 2. The van der Waals surface area contributed by atoms with E-state index in [4.69, 9.17) is 5.73 Å². The van der Waals surface area contributed by atoms with E-state index in [0.29, 0.717) is 23.8 Å². The van der Waals surface area contributed by atoms with E-state index in [2.05, 4.69) is 15.3 Å². The minimum atomic E-state index is -2.90. The highest BCUT2D eigenvalue weighted by molar-refractivity contribution is 7.91. The van der Waals surface area contributed by atoms with E-state index in [1.165, 1.54) is 12.4 Å². The predicted molar refractivity (Wildman–Crippen MR) is 61.7 cm³/mol. The van der Waals surface area contributed by atoms with Crippen molar-refractivity contribution < 1.29 is 8.42 Å².